The van der Waals surface area contributed by atoms with Crippen LogP contribution in [0.15, 0.2) is 54.6 Å². The number of hydrogen-bond acceptors (Lipinski definition) is 4. The molecular weight excluding hydrogens is 390 g/mol. The minimum atomic E-state index is -0.298. The van der Waals surface area contributed by atoms with Crippen molar-refractivity contribution in [2.24, 2.45) is 5.92 Å². The zero-order valence-electron chi connectivity index (χ0n) is 18.1. The van der Waals surface area contributed by atoms with E-state index in [1.165, 1.54) is 12.8 Å². The van der Waals surface area contributed by atoms with Gasteiger partial charge < -0.3 is 15.0 Å². The molecule has 0 aliphatic carbocycles. The van der Waals surface area contributed by atoms with Crippen molar-refractivity contribution in [1.29, 1.82) is 0 Å². The van der Waals surface area contributed by atoms with Gasteiger partial charge in [-0.25, -0.2) is 0 Å². The standard InChI is InChI=1S/C25H31N3O3/c1-31-23-12-6-5-11-21(23)22(27-13-7-8-14-27)16-26-25(30)20-15-24(29)28(18-20)17-19-9-3-2-4-10-19/h2-6,9-12,20,22H,7-8,13-18H2,1H3,(H,26,30)/t20-,22-/m0/s1. The summed E-state index contributed by atoms with van der Waals surface area (Å²) >= 11 is 0. The number of amides is 2. The molecule has 2 atom stereocenters. The third-order valence-electron chi connectivity index (χ3n) is 6.35. The average molecular weight is 422 g/mol. The van der Waals surface area contributed by atoms with Crippen molar-refractivity contribution >= 4 is 11.8 Å². The summed E-state index contributed by atoms with van der Waals surface area (Å²) in [7, 11) is 1.68. The van der Waals surface area contributed by atoms with Crippen LogP contribution in [0, 0.1) is 5.92 Å². The molecule has 0 saturated carbocycles. The molecule has 2 heterocycles. The van der Waals surface area contributed by atoms with Gasteiger partial charge in [-0.1, -0.05) is 48.5 Å². The number of methoxy groups -OCH3 is 1. The maximum absolute atomic E-state index is 13.0. The van der Waals surface area contributed by atoms with E-state index in [9.17, 15) is 9.59 Å². The van der Waals surface area contributed by atoms with Crippen LogP contribution in [0.5, 0.6) is 5.75 Å². The van der Waals surface area contributed by atoms with E-state index in [0.29, 0.717) is 19.6 Å². The first-order valence-corrected chi connectivity index (χ1v) is 11.1. The lowest BCUT2D eigenvalue weighted by atomic mass is 10.0. The second-order valence-corrected chi connectivity index (χ2v) is 8.41. The number of nitrogens with one attached hydrogen (secondary N) is 1. The third-order valence-corrected chi connectivity index (χ3v) is 6.35. The highest BCUT2D eigenvalue weighted by molar-refractivity contribution is 5.89. The summed E-state index contributed by atoms with van der Waals surface area (Å²) in [6.45, 7) is 3.59. The first-order chi connectivity index (χ1) is 15.2. The van der Waals surface area contributed by atoms with E-state index in [1.807, 2.05) is 48.5 Å². The van der Waals surface area contributed by atoms with Gasteiger partial charge >= 0.3 is 0 Å². The van der Waals surface area contributed by atoms with Crippen LogP contribution >= 0.6 is 0 Å². The number of para-hydroxylation sites is 1. The molecule has 0 aromatic heterocycles. The van der Waals surface area contributed by atoms with Crippen LogP contribution in [0.3, 0.4) is 0 Å². The molecule has 2 amide bonds. The Bertz CT molecular complexity index is 896. The van der Waals surface area contributed by atoms with E-state index in [0.717, 1.165) is 30.0 Å². The molecule has 0 spiro atoms. The zero-order chi connectivity index (χ0) is 21.6. The van der Waals surface area contributed by atoms with Crippen molar-refractivity contribution in [2.45, 2.75) is 31.8 Å². The number of carbonyl (C=O) groups excluding carboxylic acids is 2. The number of benzene rings is 2. The Labute approximate surface area is 184 Å². The van der Waals surface area contributed by atoms with Gasteiger partial charge in [-0.05, 0) is 37.6 Å². The molecule has 31 heavy (non-hydrogen) atoms. The Morgan fingerprint density at radius 1 is 1.10 bits per heavy atom. The summed E-state index contributed by atoms with van der Waals surface area (Å²) in [4.78, 5) is 29.6. The summed E-state index contributed by atoms with van der Waals surface area (Å²) < 4.78 is 5.59. The number of ether oxygens (including phenoxy) is 1. The Morgan fingerprint density at radius 3 is 2.55 bits per heavy atom. The highest BCUT2D eigenvalue weighted by Gasteiger charge is 2.35. The fourth-order valence-corrected chi connectivity index (χ4v) is 4.68. The predicted molar refractivity (Wildman–Crippen MR) is 120 cm³/mol. The molecule has 164 valence electrons. The number of hydrogen-bond donors (Lipinski definition) is 1. The van der Waals surface area contributed by atoms with E-state index in [4.69, 9.17) is 4.74 Å². The lowest BCUT2D eigenvalue weighted by Crippen LogP contribution is -2.40. The van der Waals surface area contributed by atoms with Crippen molar-refractivity contribution < 1.29 is 14.3 Å². The number of nitrogens with zero attached hydrogens (tertiary/aromatic N) is 2. The maximum atomic E-state index is 13.0. The van der Waals surface area contributed by atoms with Crippen molar-refractivity contribution in [3.8, 4) is 5.75 Å². The SMILES string of the molecule is COc1ccccc1[C@H](CNC(=O)[C@H]1CC(=O)N(Cc2ccccc2)C1)N1CCCC1. The Balaban J connectivity index is 1.39. The van der Waals surface area contributed by atoms with Gasteiger partial charge in [0.25, 0.3) is 0 Å². The van der Waals surface area contributed by atoms with Crippen LogP contribution in [0.25, 0.3) is 0 Å². The van der Waals surface area contributed by atoms with Gasteiger partial charge in [0.05, 0.1) is 19.1 Å². The van der Waals surface area contributed by atoms with Crippen molar-refractivity contribution in [3.63, 3.8) is 0 Å². The summed E-state index contributed by atoms with van der Waals surface area (Å²) in [6.07, 6.45) is 2.62. The second kappa shape index (κ2) is 9.96. The number of likely N-dealkylation sites (tertiary alicyclic amines) is 2. The van der Waals surface area contributed by atoms with Gasteiger partial charge in [-0.15, -0.1) is 0 Å². The van der Waals surface area contributed by atoms with Gasteiger partial charge in [0.2, 0.25) is 11.8 Å². The topological polar surface area (TPSA) is 61.9 Å². The number of carbonyl (C=O) groups is 2. The third kappa shape index (κ3) is 5.07. The first-order valence-electron chi connectivity index (χ1n) is 11.1. The highest BCUT2D eigenvalue weighted by Crippen LogP contribution is 2.31. The van der Waals surface area contributed by atoms with Crippen LogP contribution in [-0.2, 0) is 16.1 Å². The van der Waals surface area contributed by atoms with Crippen molar-refractivity contribution in [2.75, 3.05) is 33.3 Å². The largest absolute Gasteiger partial charge is 0.496 e. The molecular formula is C25H31N3O3. The molecule has 4 rings (SSSR count). The fourth-order valence-electron chi connectivity index (χ4n) is 4.68. The molecule has 1 N–H and O–H groups in total. The highest BCUT2D eigenvalue weighted by atomic mass is 16.5. The average Bonchev–Trinajstić information content (AvgIpc) is 3.45. The Morgan fingerprint density at radius 2 is 1.81 bits per heavy atom. The summed E-state index contributed by atoms with van der Waals surface area (Å²) in [5.74, 6) is 0.555. The zero-order valence-corrected chi connectivity index (χ0v) is 18.1. The lowest BCUT2D eigenvalue weighted by Gasteiger charge is -2.29. The molecule has 0 radical (unpaired) electrons. The Kier molecular flexibility index (Phi) is 6.87. The molecule has 2 aliphatic rings. The Hall–Kier alpha value is -2.86. The number of rotatable bonds is 8. The predicted octanol–water partition coefficient (Wildman–Crippen LogP) is 3.00. The second-order valence-electron chi connectivity index (χ2n) is 8.41. The van der Waals surface area contributed by atoms with E-state index in [-0.39, 0.29) is 30.2 Å². The molecule has 2 saturated heterocycles. The molecule has 0 unspecified atom stereocenters. The van der Waals surface area contributed by atoms with Gasteiger partial charge in [0, 0.05) is 31.6 Å². The van der Waals surface area contributed by atoms with Gasteiger partial charge in [0.15, 0.2) is 0 Å². The van der Waals surface area contributed by atoms with E-state index in [1.54, 1.807) is 12.0 Å². The van der Waals surface area contributed by atoms with E-state index >= 15 is 0 Å². The first kappa shape index (κ1) is 21.4. The van der Waals surface area contributed by atoms with Crippen LogP contribution in [-0.4, -0.2) is 54.9 Å². The normalized spacial score (nSPS) is 20.1. The van der Waals surface area contributed by atoms with Gasteiger partial charge in [-0.2, -0.15) is 0 Å². The molecule has 2 aliphatic heterocycles. The fraction of sp³-hybridized carbons (Fsp3) is 0.440. The van der Waals surface area contributed by atoms with Gasteiger partial charge in [0.1, 0.15) is 5.75 Å². The van der Waals surface area contributed by atoms with Crippen molar-refractivity contribution in [3.05, 3.63) is 65.7 Å². The summed E-state index contributed by atoms with van der Waals surface area (Å²) in [6, 6.07) is 18.0. The van der Waals surface area contributed by atoms with E-state index < -0.39 is 0 Å². The summed E-state index contributed by atoms with van der Waals surface area (Å²) in [5, 5.41) is 3.14. The van der Waals surface area contributed by atoms with E-state index in [2.05, 4.69) is 16.3 Å². The molecule has 0 bridgehead atoms. The molecule has 2 aromatic carbocycles. The molecule has 2 fully saturated rings. The van der Waals surface area contributed by atoms with Crippen LogP contribution in [0.4, 0.5) is 0 Å². The van der Waals surface area contributed by atoms with Gasteiger partial charge in [-0.3, -0.25) is 14.5 Å². The smallest absolute Gasteiger partial charge is 0.225 e. The summed E-state index contributed by atoms with van der Waals surface area (Å²) in [5.41, 5.74) is 2.18. The molecule has 2 aromatic rings. The molecule has 6 heteroatoms. The lowest BCUT2D eigenvalue weighted by molar-refractivity contribution is -0.129. The molecule has 6 nitrogen and oxygen atoms in total. The van der Waals surface area contributed by atoms with Crippen LogP contribution in [0.2, 0.25) is 0 Å². The minimum absolute atomic E-state index is 0.0389. The van der Waals surface area contributed by atoms with Crippen molar-refractivity contribution in [1.82, 2.24) is 15.1 Å². The maximum Gasteiger partial charge on any atom is 0.225 e. The van der Waals surface area contributed by atoms with Crippen LogP contribution < -0.4 is 10.1 Å². The monoisotopic (exact) mass is 421 g/mol. The minimum Gasteiger partial charge on any atom is -0.496 e. The quantitative estimate of drug-likeness (QED) is 0.712. The van der Waals surface area contributed by atoms with Crippen LogP contribution in [0.1, 0.15) is 36.4 Å².